The molecule has 0 rings (SSSR count). The van der Waals surface area contributed by atoms with E-state index < -0.39 is 6.10 Å². The van der Waals surface area contributed by atoms with Crippen LogP contribution in [0.4, 0.5) is 0 Å². The quantitative estimate of drug-likeness (QED) is 0.0299. The van der Waals surface area contributed by atoms with E-state index in [0.29, 0.717) is 19.3 Å². The first-order valence-electron chi connectivity index (χ1n) is 19.3. The fraction of sp³-hybridized carbons (Fsp3) is 0.825. The van der Waals surface area contributed by atoms with Gasteiger partial charge in [-0.2, -0.15) is 0 Å². The van der Waals surface area contributed by atoms with Crippen LogP contribution in [-0.4, -0.2) is 37.2 Å². The van der Waals surface area contributed by atoms with Crippen molar-refractivity contribution >= 4 is 17.9 Å². The van der Waals surface area contributed by atoms with Crippen molar-refractivity contribution in [3.8, 4) is 0 Å². The van der Waals surface area contributed by atoms with Crippen LogP contribution in [0.1, 0.15) is 194 Å². The van der Waals surface area contributed by atoms with E-state index in [4.69, 9.17) is 14.2 Å². The lowest BCUT2D eigenvalue weighted by Crippen LogP contribution is -2.30. The zero-order chi connectivity index (χ0) is 33.8. The third kappa shape index (κ3) is 33.3. The Morgan fingerprint density at radius 3 is 1.15 bits per heavy atom. The van der Waals surface area contributed by atoms with Crippen molar-refractivity contribution in [1.82, 2.24) is 0 Å². The first-order chi connectivity index (χ1) is 22.5. The van der Waals surface area contributed by atoms with Crippen molar-refractivity contribution in [2.45, 2.75) is 200 Å². The lowest BCUT2D eigenvalue weighted by Gasteiger charge is -2.18. The first kappa shape index (κ1) is 43.9. The molecular weight excluding hydrogens is 576 g/mol. The Morgan fingerprint density at radius 2 is 0.739 bits per heavy atom. The summed E-state index contributed by atoms with van der Waals surface area (Å²) < 4.78 is 16.5. The molecule has 0 saturated heterocycles. The molecule has 46 heavy (non-hydrogen) atoms. The van der Waals surface area contributed by atoms with Gasteiger partial charge in [0.15, 0.2) is 6.10 Å². The Balaban J connectivity index is 4.35. The zero-order valence-electron chi connectivity index (χ0n) is 30.3. The predicted octanol–water partition coefficient (Wildman–Crippen LogP) is 11.7. The minimum atomic E-state index is -0.769. The van der Waals surface area contributed by atoms with Crippen molar-refractivity contribution in [1.29, 1.82) is 0 Å². The molecule has 0 saturated carbocycles. The Kier molecular flexibility index (Phi) is 34.1. The third-order valence-corrected chi connectivity index (χ3v) is 8.18. The normalized spacial score (nSPS) is 12.2. The van der Waals surface area contributed by atoms with Gasteiger partial charge in [-0.05, 0) is 57.8 Å². The van der Waals surface area contributed by atoms with Crippen molar-refractivity contribution in [2.75, 3.05) is 13.2 Å². The summed E-state index contributed by atoms with van der Waals surface area (Å²) in [5, 5.41) is 0. The van der Waals surface area contributed by atoms with E-state index in [2.05, 4.69) is 45.1 Å². The molecule has 0 aliphatic rings. The van der Waals surface area contributed by atoms with Gasteiger partial charge in [-0.25, -0.2) is 0 Å². The molecule has 6 heteroatoms. The van der Waals surface area contributed by atoms with Crippen molar-refractivity contribution in [3.63, 3.8) is 0 Å². The third-order valence-electron chi connectivity index (χ3n) is 8.18. The lowest BCUT2D eigenvalue weighted by atomic mass is 10.1. The number of ether oxygens (including phenoxy) is 3. The minimum Gasteiger partial charge on any atom is -0.462 e. The number of esters is 3. The van der Waals surface area contributed by atoms with Crippen LogP contribution in [-0.2, 0) is 28.6 Å². The van der Waals surface area contributed by atoms with Gasteiger partial charge in [-0.1, -0.05) is 141 Å². The van der Waals surface area contributed by atoms with Crippen LogP contribution in [0, 0.1) is 0 Å². The van der Waals surface area contributed by atoms with Crippen LogP contribution < -0.4 is 0 Å². The highest BCUT2D eigenvalue weighted by Crippen LogP contribution is 2.12. The zero-order valence-corrected chi connectivity index (χ0v) is 30.3. The largest absolute Gasteiger partial charge is 0.462 e. The number of unbranched alkanes of at least 4 members (excludes halogenated alkanes) is 19. The lowest BCUT2D eigenvalue weighted by molar-refractivity contribution is -0.167. The van der Waals surface area contributed by atoms with Crippen LogP contribution in [0.2, 0.25) is 0 Å². The molecule has 0 bridgehead atoms. The summed E-state index contributed by atoms with van der Waals surface area (Å²) in [6.07, 6.45) is 36.0. The number of allylic oxidation sites excluding steroid dienone is 4. The molecule has 0 aliphatic heterocycles. The fourth-order valence-electron chi connectivity index (χ4n) is 5.17. The van der Waals surface area contributed by atoms with Crippen molar-refractivity contribution in [2.24, 2.45) is 0 Å². The van der Waals surface area contributed by atoms with Crippen LogP contribution in [0.5, 0.6) is 0 Å². The van der Waals surface area contributed by atoms with Gasteiger partial charge in [0.05, 0.1) is 0 Å². The Hall–Kier alpha value is -2.11. The van der Waals surface area contributed by atoms with Gasteiger partial charge >= 0.3 is 17.9 Å². The number of carbonyl (C=O) groups is 3. The van der Waals surface area contributed by atoms with E-state index in [1.54, 1.807) is 0 Å². The Labute approximate surface area is 283 Å². The molecule has 0 aromatic carbocycles. The number of hydrogen-bond acceptors (Lipinski definition) is 6. The second-order valence-electron chi connectivity index (χ2n) is 12.8. The van der Waals surface area contributed by atoms with Crippen LogP contribution in [0.25, 0.3) is 0 Å². The van der Waals surface area contributed by atoms with Gasteiger partial charge in [0.1, 0.15) is 13.2 Å². The molecule has 268 valence electrons. The van der Waals surface area contributed by atoms with Gasteiger partial charge in [0, 0.05) is 19.3 Å². The SMILES string of the molecule is CCCC/C=C\CCCCCCCC(=O)OCC(COC(=O)CCCCCCCC)OC(=O)CCCCCCC/C=C\CCCC. The van der Waals surface area contributed by atoms with E-state index >= 15 is 0 Å². The molecule has 1 unspecified atom stereocenters. The van der Waals surface area contributed by atoms with E-state index in [-0.39, 0.29) is 31.1 Å². The Bertz CT molecular complexity index is 759. The van der Waals surface area contributed by atoms with Gasteiger partial charge in [-0.3, -0.25) is 14.4 Å². The van der Waals surface area contributed by atoms with Crippen LogP contribution >= 0.6 is 0 Å². The number of carbonyl (C=O) groups excluding carboxylic acids is 3. The topological polar surface area (TPSA) is 78.9 Å². The predicted molar refractivity (Wildman–Crippen MR) is 192 cm³/mol. The van der Waals surface area contributed by atoms with Gasteiger partial charge in [0.25, 0.3) is 0 Å². The summed E-state index contributed by atoms with van der Waals surface area (Å²) in [5.74, 6) is -0.912. The molecule has 6 nitrogen and oxygen atoms in total. The Morgan fingerprint density at radius 1 is 0.413 bits per heavy atom. The second-order valence-corrected chi connectivity index (χ2v) is 12.8. The molecule has 0 radical (unpaired) electrons. The van der Waals surface area contributed by atoms with Crippen molar-refractivity contribution in [3.05, 3.63) is 24.3 Å². The second kappa shape index (κ2) is 35.7. The van der Waals surface area contributed by atoms with Gasteiger partial charge < -0.3 is 14.2 Å². The van der Waals surface area contributed by atoms with Crippen LogP contribution in [0.15, 0.2) is 24.3 Å². The maximum Gasteiger partial charge on any atom is 0.306 e. The molecule has 0 spiro atoms. The monoisotopic (exact) mass is 649 g/mol. The average molecular weight is 649 g/mol. The van der Waals surface area contributed by atoms with Crippen molar-refractivity contribution < 1.29 is 28.6 Å². The summed E-state index contributed by atoms with van der Waals surface area (Å²) in [4.78, 5) is 37.2. The maximum absolute atomic E-state index is 12.6. The molecule has 0 aromatic rings. The van der Waals surface area contributed by atoms with E-state index in [1.165, 1.54) is 77.0 Å². The number of hydrogen-bond donors (Lipinski definition) is 0. The van der Waals surface area contributed by atoms with Crippen LogP contribution in [0.3, 0.4) is 0 Å². The van der Waals surface area contributed by atoms with Gasteiger partial charge in [-0.15, -0.1) is 0 Å². The standard InChI is InChI=1S/C40H72O6/c1-4-7-10-13-16-18-20-22-24-27-30-33-39(42)45-36-37(35-44-38(41)32-29-26-15-12-9-6-3)46-40(43)34-31-28-25-23-21-19-17-14-11-8-5-2/h13-14,16-17,37H,4-12,15,18-36H2,1-3H3/b16-13-,17-14-. The van der Waals surface area contributed by atoms with E-state index in [1.807, 2.05) is 0 Å². The van der Waals surface area contributed by atoms with E-state index in [0.717, 1.165) is 77.0 Å². The molecule has 0 heterocycles. The summed E-state index contributed by atoms with van der Waals surface area (Å²) in [7, 11) is 0. The van der Waals surface area contributed by atoms with E-state index in [9.17, 15) is 14.4 Å². The molecular formula is C40H72O6. The molecule has 0 N–H and O–H groups in total. The molecule has 1 atom stereocenters. The fourth-order valence-corrected chi connectivity index (χ4v) is 5.17. The summed E-state index contributed by atoms with van der Waals surface area (Å²) >= 11 is 0. The smallest absolute Gasteiger partial charge is 0.306 e. The number of rotatable bonds is 34. The van der Waals surface area contributed by atoms with Gasteiger partial charge in [0.2, 0.25) is 0 Å². The summed E-state index contributed by atoms with van der Waals surface area (Å²) in [6, 6.07) is 0. The average Bonchev–Trinajstić information content (AvgIpc) is 3.05. The summed E-state index contributed by atoms with van der Waals surface area (Å²) in [6.45, 7) is 6.46. The molecule has 0 aromatic heterocycles. The minimum absolute atomic E-state index is 0.0770. The molecule has 0 amide bonds. The first-order valence-corrected chi connectivity index (χ1v) is 19.3. The highest BCUT2D eigenvalue weighted by atomic mass is 16.6. The molecule has 0 aliphatic carbocycles. The molecule has 0 fully saturated rings. The highest BCUT2D eigenvalue weighted by Gasteiger charge is 2.19. The summed E-state index contributed by atoms with van der Waals surface area (Å²) in [5.41, 5.74) is 0. The highest BCUT2D eigenvalue weighted by molar-refractivity contribution is 5.71. The maximum atomic E-state index is 12.6.